The number of pyridine rings is 1. The highest BCUT2D eigenvalue weighted by Gasteiger charge is 2.20. The Morgan fingerprint density at radius 1 is 1.06 bits per heavy atom. The number of carbonyl (C=O) groups is 1. The molecule has 3 aromatic heterocycles. The van der Waals surface area contributed by atoms with Crippen LogP contribution in [0.1, 0.15) is 12.8 Å². The summed E-state index contributed by atoms with van der Waals surface area (Å²) in [6.45, 7) is 1.72. The average Bonchev–Trinajstić information content (AvgIpc) is 3.53. The maximum Gasteiger partial charge on any atom is 0.228 e. The van der Waals surface area contributed by atoms with Gasteiger partial charge in [0.1, 0.15) is 5.69 Å². The average molecular weight is 414 g/mol. The highest BCUT2D eigenvalue weighted by Crippen LogP contribution is 2.21. The Balaban J connectivity index is 1.30. The summed E-state index contributed by atoms with van der Waals surface area (Å²) in [5, 5.41) is 21.6. The third-order valence-electron chi connectivity index (χ3n) is 5.35. The molecule has 5 rings (SSSR count). The molecule has 1 fully saturated rings. The molecular formula is C22H22N8O. The molecule has 0 aliphatic carbocycles. The van der Waals surface area contributed by atoms with Crippen LogP contribution < -0.4 is 10.6 Å². The van der Waals surface area contributed by atoms with E-state index >= 15 is 0 Å². The van der Waals surface area contributed by atoms with Crippen molar-refractivity contribution < 1.29 is 4.79 Å². The number of nitrogens with one attached hydrogen (secondary N) is 3. The molecule has 1 saturated heterocycles. The first-order valence-corrected chi connectivity index (χ1v) is 10.3. The predicted octanol–water partition coefficient (Wildman–Crippen LogP) is 2.66. The van der Waals surface area contributed by atoms with E-state index in [-0.39, 0.29) is 11.8 Å². The first-order valence-electron chi connectivity index (χ1n) is 10.3. The highest BCUT2D eigenvalue weighted by atomic mass is 16.1. The lowest BCUT2D eigenvalue weighted by Gasteiger charge is -2.21. The second kappa shape index (κ2) is 8.49. The Morgan fingerprint density at radius 3 is 2.71 bits per heavy atom. The lowest BCUT2D eigenvalue weighted by molar-refractivity contribution is -0.120. The van der Waals surface area contributed by atoms with Gasteiger partial charge in [0, 0.05) is 18.4 Å². The number of H-pyrrole nitrogens is 1. The zero-order valence-electron chi connectivity index (χ0n) is 16.8. The Hall–Kier alpha value is -3.85. The summed E-state index contributed by atoms with van der Waals surface area (Å²) in [7, 11) is 0. The van der Waals surface area contributed by atoms with Crippen molar-refractivity contribution in [1.82, 2.24) is 35.5 Å². The van der Waals surface area contributed by atoms with Crippen molar-refractivity contribution in [2.75, 3.05) is 18.4 Å². The van der Waals surface area contributed by atoms with Gasteiger partial charge in [-0.05, 0) is 61.9 Å². The number of hydrogen-bond donors (Lipinski definition) is 3. The number of aromatic nitrogens is 6. The standard InChI is InChI=1S/C22H22N8O/c31-22(15-3-2-11-23-13-15)25-16-6-8-17(9-7-16)30-14-21(28-29-30)19-5-1-4-18(26-19)20-10-12-24-27-20/h1,4-10,12,14-15,23H,2-3,11,13H2,(H,24,27)(H,25,31). The van der Waals surface area contributed by atoms with Gasteiger partial charge >= 0.3 is 0 Å². The van der Waals surface area contributed by atoms with E-state index in [9.17, 15) is 4.79 Å². The summed E-state index contributed by atoms with van der Waals surface area (Å²) in [4.78, 5) is 17.0. The van der Waals surface area contributed by atoms with Gasteiger partial charge in [-0.3, -0.25) is 9.89 Å². The monoisotopic (exact) mass is 414 g/mol. The van der Waals surface area contributed by atoms with Crippen molar-refractivity contribution >= 4 is 11.6 Å². The number of rotatable bonds is 5. The molecule has 4 heterocycles. The molecule has 156 valence electrons. The molecule has 9 heteroatoms. The van der Waals surface area contributed by atoms with E-state index in [0.717, 1.165) is 54.4 Å². The fourth-order valence-corrected chi connectivity index (χ4v) is 3.65. The largest absolute Gasteiger partial charge is 0.326 e. The molecule has 1 aromatic carbocycles. The molecule has 1 amide bonds. The number of amides is 1. The number of anilines is 1. The maximum atomic E-state index is 12.4. The van der Waals surface area contributed by atoms with Crippen LogP contribution in [0, 0.1) is 5.92 Å². The van der Waals surface area contributed by atoms with Gasteiger partial charge in [0.2, 0.25) is 5.91 Å². The van der Waals surface area contributed by atoms with E-state index in [2.05, 4.69) is 36.1 Å². The van der Waals surface area contributed by atoms with Crippen LogP contribution in [0.3, 0.4) is 0 Å². The molecule has 1 aliphatic heterocycles. The van der Waals surface area contributed by atoms with E-state index in [0.29, 0.717) is 5.69 Å². The Bertz CT molecular complexity index is 1160. The third kappa shape index (κ3) is 4.22. The normalized spacial score (nSPS) is 16.2. The fourth-order valence-electron chi connectivity index (χ4n) is 3.65. The van der Waals surface area contributed by atoms with Crippen LogP contribution in [-0.2, 0) is 4.79 Å². The van der Waals surface area contributed by atoms with Crippen molar-refractivity contribution in [1.29, 1.82) is 0 Å². The highest BCUT2D eigenvalue weighted by molar-refractivity contribution is 5.92. The molecule has 0 radical (unpaired) electrons. The summed E-state index contributed by atoms with van der Waals surface area (Å²) in [6, 6.07) is 15.2. The predicted molar refractivity (Wildman–Crippen MR) is 116 cm³/mol. The van der Waals surface area contributed by atoms with Crippen LogP contribution in [0.5, 0.6) is 0 Å². The topological polar surface area (TPSA) is 113 Å². The lowest BCUT2D eigenvalue weighted by Crippen LogP contribution is -2.37. The summed E-state index contributed by atoms with van der Waals surface area (Å²) in [5.74, 6) is 0.0857. The zero-order chi connectivity index (χ0) is 21.0. The molecule has 0 bridgehead atoms. The smallest absolute Gasteiger partial charge is 0.228 e. The molecule has 0 spiro atoms. The van der Waals surface area contributed by atoms with Gasteiger partial charge in [0.25, 0.3) is 0 Å². The molecule has 31 heavy (non-hydrogen) atoms. The summed E-state index contributed by atoms with van der Waals surface area (Å²) >= 11 is 0. The fraction of sp³-hybridized carbons (Fsp3) is 0.227. The SMILES string of the molecule is O=C(Nc1ccc(-n2cc(-c3cccc(-c4ccn[nH]4)n3)nn2)cc1)C1CCCNC1. The van der Waals surface area contributed by atoms with Crippen LogP contribution in [0.25, 0.3) is 28.5 Å². The Morgan fingerprint density at radius 2 is 1.94 bits per heavy atom. The van der Waals surface area contributed by atoms with Gasteiger partial charge in [-0.2, -0.15) is 5.10 Å². The maximum absolute atomic E-state index is 12.4. The van der Waals surface area contributed by atoms with Crippen LogP contribution in [0.2, 0.25) is 0 Å². The summed E-state index contributed by atoms with van der Waals surface area (Å²) in [5.41, 5.74) is 4.65. The van der Waals surface area contributed by atoms with Crippen LogP contribution in [0.4, 0.5) is 5.69 Å². The molecule has 0 saturated carbocycles. The van der Waals surface area contributed by atoms with Crippen LogP contribution >= 0.6 is 0 Å². The van der Waals surface area contributed by atoms with Crippen molar-refractivity contribution in [2.24, 2.45) is 5.92 Å². The minimum atomic E-state index is 0.0244. The first-order chi connectivity index (χ1) is 15.3. The number of piperidine rings is 1. The van der Waals surface area contributed by atoms with Crippen LogP contribution in [0.15, 0.2) is 60.9 Å². The molecule has 3 N–H and O–H groups in total. The number of aromatic amines is 1. The van der Waals surface area contributed by atoms with Crippen LogP contribution in [-0.4, -0.2) is 49.2 Å². The third-order valence-corrected chi connectivity index (χ3v) is 5.35. The van der Waals surface area contributed by atoms with Gasteiger partial charge in [0.05, 0.1) is 34.9 Å². The van der Waals surface area contributed by atoms with E-state index in [4.69, 9.17) is 0 Å². The van der Waals surface area contributed by atoms with Crippen molar-refractivity contribution in [3.05, 3.63) is 60.9 Å². The van der Waals surface area contributed by atoms with Crippen molar-refractivity contribution in [2.45, 2.75) is 12.8 Å². The first kappa shape index (κ1) is 19.1. The molecule has 9 nitrogen and oxygen atoms in total. The van der Waals surface area contributed by atoms with Gasteiger partial charge < -0.3 is 10.6 Å². The quantitative estimate of drug-likeness (QED) is 0.463. The van der Waals surface area contributed by atoms with E-state index in [1.807, 2.05) is 54.7 Å². The Kier molecular flexibility index (Phi) is 5.24. The minimum Gasteiger partial charge on any atom is -0.326 e. The molecule has 1 unspecified atom stereocenters. The number of benzene rings is 1. The zero-order valence-corrected chi connectivity index (χ0v) is 16.8. The second-order valence-corrected chi connectivity index (χ2v) is 7.51. The van der Waals surface area contributed by atoms with Gasteiger partial charge in [-0.1, -0.05) is 11.3 Å². The van der Waals surface area contributed by atoms with Crippen molar-refractivity contribution in [3.8, 4) is 28.5 Å². The van der Waals surface area contributed by atoms with Crippen molar-refractivity contribution in [3.63, 3.8) is 0 Å². The van der Waals surface area contributed by atoms with Gasteiger partial charge in [-0.15, -0.1) is 5.10 Å². The van der Waals surface area contributed by atoms with E-state index < -0.39 is 0 Å². The minimum absolute atomic E-state index is 0.0244. The summed E-state index contributed by atoms with van der Waals surface area (Å²) < 4.78 is 1.69. The molecule has 1 aliphatic rings. The Labute approximate surface area is 178 Å². The van der Waals surface area contributed by atoms with Gasteiger partial charge in [0.15, 0.2) is 0 Å². The number of hydrogen-bond acceptors (Lipinski definition) is 6. The van der Waals surface area contributed by atoms with E-state index in [1.54, 1.807) is 10.9 Å². The number of carbonyl (C=O) groups excluding carboxylic acids is 1. The molecule has 1 atom stereocenters. The number of nitrogens with zero attached hydrogens (tertiary/aromatic N) is 5. The second-order valence-electron chi connectivity index (χ2n) is 7.51. The summed E-state index contributed by atoms with van der Waals surface area (Å²) in [6.07, 6.45) is 5.48. The van der Waals surface area contributed by atoms with Gasteiger partial charge in [-0.25, -0.2) is 9.67 Å². The molecule has 4 aromatic rings. The van der Waals surface area contributed by atoms with E-state index in [1.165, 1.54) is 0 Å². The lowest BCUT2D eigenvalue weighted by atomic mass is 9.99. The molecular weight excluding hydrogens is 392 g/mol.